The average Bonchev–Trinajstić information content (AvgIpc) is 2.58. The molecule has 0 aliphatic carbocycles. The summed E-state index contributed by atoms with van der Waals surface area (Å²) in [6, 6.07) is 24.7. The van der Waals surface area contributed by atoms with Crippen molar-refractivity contribution in [3.05, 3.63) is 100 Å². The largest absolute Gasteiger partial charge is 0.398 e. The molecule has 0 radical (unpaired) electrons. The summed E-state index contributed by atoms with van der Waals surface area (Å²) in [6.07, 6.45) is 0. The van der Waals surface area contributed by atoms with Crippen LogP contribution in [0.5, 0.6) is 0 Å². The second kappa shape index (κ2) is 5.95. The first-order chi connectivity index (χ1) is 10.6. The van der Waals surface area contributed by atoms with Gasteiger partial charge in [0.05, 0.1) is 0 Å². The molecular weight excluding hydrogens is 338 g/mol. The van der Waals surface area contributed by atoms with Gasteiger partial charge in [-0.15, -0.1) is 0 Å². The molecular formula is C19H16BrNO. The predicted octanol–water partition coefficient (Wildman–Crippen LogP) is 4.32. The summed E-state index contributed by atoms with van der Waals surface area (Å²) in [5.74, 6) is 0. The fourth-order valence-corrected chi connectivity index (χ4v) is 3.04. The van der Waals surface area contributed by atoms with Crippen LogP contribution >= 0.6 is 15.9 Å². The molecule has 0 saturated heterocycles. The van der Waals surface area contributed by atoms with Gasteiger partial charge in [-0.05, 0) is 29.3 Å². The van der Waals surface area contributed by atoms with Crippen LogP contribution in [-0.2, 0) is 5.60 Å². The van der Waals surface area contributed by atoms with Gasteiger partial charge < -0.3 is 10.8 Å². The van der Waals surface area contributed by atoms with Crippen molar-refractivity contribution in [2.24, 2.45) is 0 Å². The van der Waals surface area contributed by atoms with Crippen LogP contribution in [0.25, 0.3) is 0 Å². The molecule has 0 unspecified atom stereocenters. The molecule has 3 aromatic carbocycles. The third-order valence-corrected chi connectivity index (χ3v) is 4.28. The average molecular weight is 354 g/mol. The monoisotopic (exact) mass is 353 g/mol. The molecule has 0 spiro atoms. The van der Waals surface area contributed by atoms with E-state index in [4.69, 9.17) is 5.73 Å². The van der Waals surface area contributed by atoms with E-state index in [9.17, 15) is 5.11 Å². The van der Waals surface area contributed by atoms with Crippen molar-refractivity contribution in [3.8, 4) is 0 Å². The molecule has 0 aromatic heterocycles. The first-order valence-electron chi connectivity index (χ1n) is 7.01. The maximum Gasteiger partial charge on any atom is 0.142 e. The highest BCUT2D eigenvalue weighted by Crippen LogP contribution is 2.40. The molecule has 3 aromatic rings. The van der Waals surface area contributed by atoms with Gasteiger partial charge in [0.25, 0.3) is 0 Å². The molecule has 0 aliphatic heterocycles. The molecule has 0 heterocycles. The van der Waals surface area contributed by atoms with E-state index in [2.05, 4.69) is 15.9 Å². The highest BCUT2D eigenvalue weighted by molar-refractivity contribution is 9.10. The standard InChI is InChI=1S/C19H16BrNO/c20-16-11-12-18(21)17(13-16)19(22,14-7-3-1-4-8-14)15-9-5-2-6-10-15/h1-13,22H,21H2. The fraction of sp³-hybridized carbons (Fsp3) is 0.0526. The Balaban J connectivity index is 2.31. The summed E-state index contributed by atoms with van der Waals surface area (Å²) < 4.78 is 0.877. The Bertz CT molecular complexity index is 732. The highest BCUT2D eigenvalue weighted by Gasteiger charge is 2.35. The molecule has 3 N–H and O–H groups in total. The van der Waals surface area contributed by atoms with Gasteiger partial charge in [0.2, 0.25) is 0 Å². The molecule has 22 heavy (non-hydrogen) atoms. The lowest BCUT2D eigenvalue weighted by atomic mass is 9.80. The van der Waals surface area contributed by atoms with E-state index in [-0.39, 0.29) is 0 Å². The summed E-state index contributed by atoms with van der Waals surface area (Å²) in [6.45, 7) is 0. The smallest absolute Gasteiger partial charge is 0.142 e. The van der Waals surface area contributed by atoms with Crippen molar-refractivity contribution in [1.82, 2.24) is 0 Å². The van der Waals surface area contributed by atoms with E-state index in [1.54, 1.807) is 6.07 Å². The van der Waals surface area contributed by atoms with Crippen LogP contribution in [0.3, 0.4) is 0 Å². The Morgan fingerprint density at radius 1 is 0.773 bits per heavy atom. The number of nitrogens with two attached hydrogens (primary N) is 1. The van der Waals surface area contributed by atoms with Crippen molar-refractivity contribution in [3.63, 3.8) is 0 Å². The highest BCUT2D eigenvalue weighted by atomic mass is 79.9. The van der Waals surface area contributed by atoms with Crippen molar-refractivity contribution in [1.29, 1.82) is 0 Å². The second-order valence-electron chi connectivity index (χ2n) is 5.17. The minimum absolute atomic E-state index is 0.554. The summed E-state index contributed by atoms with van der Waals surface area (Å²) in [7, 11) is 0. The first kappa shape index (κ1) is 14.8. The molecule has 110 valence electrons. The molecule has 0 fully saturated rings. The van der Waals surface area contributed by atoms with E-state index >= 15 is 0 Å². The van der Waals surface area contributed by atoms with Crippen LogP contribution in [0.15, 0.2) is 83.3 Å². The van der Waals surface area contributed by atoms with E-state index in [0.29, 0.717) is 11.3 Å². The van der Waals surface area contributed by atoms with Gasteiger partial charge in [-0.3, -0.25) is 0 Å². The number of hydrogen-bond acceptors (Lipinski definition) is 2. The van der Waals surface area contributed by atoms with Crippen LogP contribution in [0.4, 0.5) is 5.69 Å². The summed E-state index contributed by atoms with van der Waals surface area (Å²) >= 11 is 3.47. The molecule has 0 bridgehead atoms. The molecule has 2 nitrogen and oxygen atoms in total. The Hall–Kier alpha value is -2.10. The summed E-state index contributed by atoms with van der Waals surface area (Å²) in [4.78, 5) is 0. The van der Waals surface area contributed by atoms with Gasteiger partial charge in [0.1, 0.15) is 5.60 Å². The zero-order chi connectivity index (χ0) is 15.6. The Kier molecular flexibility index (Phi) is 4.01. The van der Waals surface area contributed by atoms with Crippen LogP contribution < -0.4 is 5.73 Å². The van der Waals surface area contributed by atoms with Gasteiger partial charge in [0, 0.05) is 15.7 Å². The Morgan fingerprint density at radius 3 is 1.77 bits per heavy atom. The zero-order valence-electron chi connectivity index (χ0n) is 11.9. The number of hydrogen-bond donors (Lipinski definition) is 2. The number of benzene rings is 3. The van der Waals surface area contributed by atoms with Crippen LogP contribution in [0, 0.1) is 0 Å². The molecule has 0 atom stereocenters. The lowest BCUT2D eigenvalue weighted by molar-refractivity contribution is 0.126. The fourth-order valence-electron chi connectivity index (χ4n) is 2.68. The van der Waals surface area contributed by atoms with Gasteiger partial charge >= 0.3 is 0 Å². The maximum absolute atomic E-state index is 11.6. The van der Waals surface area contributed by atoms with Crippen LogP contribution in [0.2, 0.25) is 0 Å². The second-order valence-corrected chi connectivity index (χ2v) is 6.09. The lowest BCUT2D eigenvalue weighted by Crippen LogP contribution is -2.29. The van der Waals surface area contributed by atoms with Gasteiger partial charge in [-0.25, -0.2) is 0 Å². The van der Waals surface area contributed by atoms with E-state index in [1.165, 1.54) is 0 Å². The number of aliphatic hydroxyl groups is 1. The van der Waals surface area contributed by atoms with E-state index in [1.807, 2.05) is 72.8 Å². The zero-order valence-corrected chi connectivity index (χ0v) is 13.5. The van der Waals surface area contributed by atoms with Gasteiger partial charge in [0.15, 0.2) is 0 Å². The van der Waals surface area contributed by atoms with E-state index in [0.717, 1.165) is 15.6 Å². The summed E-state index contributed by atoms with van der Waals surface area (Å²) in [5.41, 5.74) is 7.66. The minimum Gasteiger partial charge on any atom is -0.398 e. The molecule has 3 rings (SSSR count). The third kappa shape index (κ3) is 2.54. The molecule has 0 amide bonds. The number of anilines is 1. The number of halogens is 1. The molecule has 0 saturated carbocycles. The Morgan fingerprint density at radius 2 is 1.27 bits per heavy atom. The topological polar surface area (TPSA) is 46.2 Å². The van der Waals surface area contributed by atoms with Crippen molar-refractivity contribution in [2.75, 3.05) is 5.73 Å². The quantitative estimate of drug-likeness (QED) is 0.544. The summed E-state index contributed by atoms with van der Waals surface area (Å²) in [5, 5.41) is 11.6. The minimum atomic E-state index is -1.30. The third-order valence-electron chi connectivity index (χ3n) is 3.79. The Labute approximate surface area is 138 Å². The van der Waals surface area contributed by atoms with Crippen LogP contribution in [0.1, 0.15) is 16.7 Å². The first-order valence-corrected chi connectivity index (χ1v) is 7.80. The SMILES string of the molecule is Nc1ccc(Br)cc1C(O)(c1ccccc1)c1ccccc1. The molecule has 3 heteroatoms. The normalized spacial score (nSPS) is 11.4. The van der Waals surface area contributed by atoms with E-state index < -0.39 is 5.60 Å². The van der Waals surface area contributed by atoms with Crippen LogP contribution in [-0.4, -0.2) is 5.11 Å². The molecule has 0 aliphatic rings. The van der Waals surface area contributed by atoms with Crippen molar-refractivity contribution in [2.45, 2.75) is 5.60 Å². The number of nitrogen functional groups attached to an aromatic ring is 1. The predicted molar refractivity (Wildman–Crippen MR) is 93.5 cm³/mol. The number of rotatable bonds is 3. The van der Waals surface area contributed by atoms with Crippen molar-refractivity contribution < 1.29 is 5.11 Å². The lowest BCUT2D eigenvalue weighted by Gasteiger charge is -2.31. The maximum atomic E-state index is 11.6. The van der Waals surface area contributed by atoms with Crippen molar-refractivity contribution >= 4 is 21.6 Å². The van der Waals surface area contributed by atoms with Gasteiger partial charge in [-0.1, -0.05) is 76.6 Å². The van der Waals surface area contributed by atoms with Gasteiger partial charge in [-0.2, -0.15) is 0 Å².